The van der Waals surface area contributed by atoms with E-state index in [2.05, 4.69) is 43.2 Å². The first-order valence-electron chi connectivity index (χ1n) is 5.50. The molecule has 1 unspecified atom stereocenters. The average molecular weight is 227 g/mol. The van der Waals surface area contributed by atoms with Crippen molar-refractivity contribution >= 4 is 11.3 Å². The number of thiophene rings is 1. The largest absolute Gasteiger partial charge is 0.396 e. The molecule has 0 saturated heterocycles. The molecule has 0 aliphatic heterocycles. The summed E-state index contributed by atoms with van der Waals surface area (Å²) in [6.45, 7) is 8.73. The minimum atomic E-state index is 0.271. The third-order valence-electron chi connectivity index (χ3n) is 2.53. The van der Waals surface area contributed by atoms with Crippen LogP contribution >= 0.6 is 11.3 Å². The Morgan fingerprint density at radius 3 is 2.60 bits per heavy atom. The second-order valence-corrected chi connectivity index (χ2v) is 5.42. The Hall–Kier alpha value is -0.380. The Morgan fingerprint density at radius 1 is 1.40 bits per heavy atom. The van der Waals surface area contributed by atoms with Gasteiger partial charge in [-0.05, 0) is 31.2 Å². The molecule has 0 bridgehead atoms. The molecule has 0 saturated carbocycles. The van der Waals surface area contributed by atoms with Gasteiger partial charge in [0.25, 0.3) is 0 Å². The molecular weight excluding hydrogens is 206 g/mol. The number of rotatable bonds is 6. The SMILES string of the molecule is CC(CO)CN(Cc1cccs1)C(C)C. The van der Waals surface area contributed by atoms with E-state index in [1.54, 1.807) is 11.3 Å². The number of nitrogens with zero attached hydrogens (tertiary/aromatic N) is 1. The van der Waals surface area contributed by atoms with Crippen LogP contribution in [-0.4, -0.2) is 29.2 Å². The zero-order valence-electron chi connectivity index (χ0n) is 9.81. The third kappa shape index (κ3) is 4.33. The van der Waals surface area contributed by atoms with Gasteiger partial charge in [0.1, 0.15) is 0 Å². The maximum atomic E-state index is 9.07. The predicted molar refractivity (Wildman–Crippen MR) is 66.1 cm³/mol. The second kappa shape index (κ2) is 6.26. The molecule has 0 radical (unpaired) electrons. The Bertz CT molecular complexity index is 259. The zero-order valence-corrected chi connectivity index (χ0v) is 10.6. The Labute approximate surface area is 96.5 Å². The van der Waals surface area contributed by atoms with Crippen LogP contribution in [0.15, 0.2) is 17.5 Å². The van der Waals surface area contributed by atoms with E-state index in [1.807, 2.05) is 0 Å². The van der Waals surface area contributed by atoms with Gasteiger partial charge in [-0.3, -0.25) is 4.90 Å². The second-order valence-electron chi connectivity index (χ2n) is 4.39. The van der Waals surface area contributed by atoms with Crippen molar-refractivity contribution in [1.29, 1.82) is 0 Å². The summed E-state index contributed by atoms with van der Waals surface area (Å²) >= 11 is 1.80. The summed E-state index contributed by atoms with van der Waals surface area (Å²) < 4.78 is 0. The van der Waals surface area contributed by atoms with E-state index in [1.165, 1.54) is 4.88 Å². The number of hydrogen-bond donors (Lipinski definition) is 1. The van der Waals surface area contributed by atoms with Gasteiger partial charge < -0.3 is 5.11 Å². The summed E-state index contributed by atoms with van der Waals surface area (Å²) in [5, 5.41) is 11.2. The first-order chi connectivity index (χ1) is 7.13. The van der Waals surface area contributed by atoms with Crippen LogP contribution in [0.2, 0.25) is 0 Å². The van der Waals surface area contributed by atoms with Gasteiger partial charge in [0.15, 0.2) is 0 Å². The maximum absolute atomic E-state index is 9.07. The van der Waals surface area contributed by atoms with Crippen LogP contribution in [0, 0.1) is 5.92 Å². The molecule has 0 aliphatic carbocycles. The molecule has 2 nitrogen and oxygen atoms in total. The van der Waals surface area contributed by atoms with E-state index in [0.717, 1.165) is 13.1 Å². The van der Waals surface area contributed by atoms with E-state index in [9.17, 15) is 0 Å². The van der Waals surface area contributed by atoms with Crippen LogP contribution in [0.4, 0.5) is 0 Å². The van der Waals surface area contributed by atoms with Gasteiger partial charge in [0.05, 0.1) is 0 Å². The van der Waals surface area contributed by atoms with Gasteiger partial charge in [0.2, 0.25) is 0 Å². The number of hydrogen-bond acceptors (Lipinski definition) is 3. The Kier molecular flexibility index (Phi) is 5.29. The summed E-state index contributed by atoms with van der Waals surface area (Å²) in [7, 11) is 0. The van der Waals surface area contributed by atoms with Crippen LogP contribution < -0.4 is 0 Å². The standard InChI is InChI=1S/C12H21NOS/c1-10(2)13(7-11(3)9-14)8-12-5-4-6-15-12/h4-6,10-11,14H,7-9H2,1-3H3. The quantitative estimate of drug-likeness (QED) is 0.807. The lowest BCUT2D eigenvalue weighted by molar-refractivity contribution is 0.144. The predicted octanol–water partition coefficient (Wildman–Crippen LogP) is 2.59. The highest BCUT2D eigenvalue weighted by Crippen LogP contribution is 2.15. The monoisotopic (exact) mass is 227 g/mol. The third-order valence-corrected chi connectivity index (χ3v) is 3.39. The smallest absolute Gasteiger partial charge is 0.0468 e. The number of aliphatic hydroxyl groups excluding tert-OH is 1. The van der Waals surface area contributed by atoms with Crippen molar-refractivity contribution in [3.8, 4) is 0 Å². The van der Waals surface area contributed by atoms with Crippen molar-refractivity contribution in [2.24, 2.45) is 5.92 Å². The first kappa shape index (κ1) is 12.7. The molecule has 15 heavy (non-hydrogen) atoms. The van der Waals surface area contributed by atoms with Crippen molar-refractivity contribution in [1.82, 2.24) is 4.90 Å². The minimum Gasteiger partial charge on any atom is -0.396 e. The van der Waals surface area contributed by atoms with E-state index in [-0.39, 0.29) is 6.61 Å². The average Bonchev–Trinajstić information content (AvgIpc) is 2.69. The van der Waals surface area contributed by atoms with Crippen LogP contribution in [0.1, 0.15) is 25.6 Å². The maximum Gasteiger partial charge on any atom is 0.0468 e. The zero-order chi connectivity index (χ0) is 11.3. The summed E-state index contributed by atoms with van der Waals surface area (Å²) in [5.41, 5.74) is 0. The van der Waals surface area contributed by atoms with E-state index in [4.69, 9.17) is 5.11 Å². The lowest BCUT2D eigenvalue weighted by Gasteiger charge is -2.28. The first-order valence-corrected chi connectivity index (χ1v) is 6.38. The molecule has 1 aromatic heterocycles. The molecule has 3 heteroatoms. The van der Waals surface area contributed by atoms with E-state index in [0.29, 0.717) is 12.0 Å². The van der Waals surface area contributed by atoms with Crippen molar-refractivity contribution in [2.45, 2.75) is 33.4 Å². The molecule has 0 fully saturated rings. The van der Waals surface area contributed by atoms with Crippen LogP contribution in [0.25, 0.3) is 0 Å². The van der Waals surface area contributed by atoms with Gasteiger partial charge >= 0.3 is 0 Å². The van der Waals surface area contributed by atoms with Gasteiger partial charge in [0, 0.05) is 30.6 Å². The van der Waals surface area contributed by atoms with Gasteiger partial charge in [-0.2, -0.15) is 0 Å². The highest BCUT2D eigenvalue weighted by Gasteiger charge is 2.13. The van der Waals surface area contributed by atoms with Crippen LogP contribution in [0.3, 0.4) is 0 Å². The molecule has 86 valence electrons. The fraction of sp³-hybridized carbons (Fsp3) is 0.667. The molecule has 1 atom stereocenters. The summed E-state index contributed by atoms with van der Waals surface area (Å²) in [6, 6.07) is 4.79. The highest BCUT2D eigenvalue weighted by molar-refractivity contribution is 7.09. The summed E-state index contributed by atoms with van der Waals surface area (Å²) in [6.07, 6.45) is 0. The lowest BCUT2D eigenvalue weighted by atomic mass is 10.1. The fourth-order valence-electron chi connectivity index (χ4n) is 1.52. The van der Waals surface area contributed by atoms with Crippen molar-refractivity contribution < 1.29 is 5.11 Å². The van der Waals surface area contributed by atoms with Crippen LogP contribution in [-0.2, 0) is 6.54 Å². The van der Waals surface area contributed by atoms with Crippen LogP contribution in [0.5, 0.6) is 0 Å². The molecule has 0 aliphatic rings. The molecule has 1 N–H and O–H groups in total. The molecule has 1 heterocycles. The van der Waals surface area contributed by atoms with Crippen molar-refractivity contribution in [2.75, 3.05) is 13.2 Å². The Morgan fingerprint density at radius 2 is 2.13 bits per heavy atom. The Balaban J connectivity index is 2.51. The minimum absolute atomic E-state index is 0.271. The lowest BCUT2D eigenvalue weighted by Crippen LogP contribution is -2.34. The number of aliphatic hydroxyl groups is 1. The molecule has 0 aromatic carbocycles. The van der Waals surface area contributed by atoms with E-state index >= 15 is 0 Å². The van der Waals surface area contributed by atoms with E-state index < -0.39 is 0 Å². The topological polar surface area (TPSA) is 23.5 Å². The van der Waals surface area contributed by atoms with Gasteiger partial charge in [-0.25, -0.2) is 0 Å². The fourth-order valence-corrected chi connectivity index (χ4v) is 2.25. The van der Waals surface area contributed by atoms with Crippen molar-refractivity contribution in [3.05, 3.63) is 22.4 Å². The van der Waals surface area contributed by atoms with Gasteiger partial charge in [-0.1, -0.05) is 13.0 Å². The summed E-state index contributed by atoms with van der Waals surface area (Å²) in [5.74, 6) is 0.354. The molecule has 0 amide bonds. The molecule has 1 aromatic rings. The summed E-state index contributed by atoms with van der Waals surface area (Å²) in [4.78, 5) is 3.81. The molecule has 1 rings (SSSR count). The molecular formula is C12H21NOS. The normalized spacial score (nSPS) is 13.7. The highest BCUT2D eigenvalue weighted by atomic mass is 32.1. The van der Waals surface area contributed by atoms with Gasteiger partial charge in [-0.15, -0.1) is 11.3 Å². The molecule has 0 spiro atoms. The van der Waals surface area contributed by atoms with Crippen molar-refractivity contribution in [3.63, 3.8) is 0 Å².